The smallest absolute Gasteiger partial charge is 0.0787 e. The average molecular weight is 263 g/mol. The van der Waals surface area contributed by atoms with Gasteiger partial charge in [0.25, 0.3) is 0 Å². The topological polar surface area (TPSA) is 41.5 Å². The molecule has 1 heterocycles. The Morgan fingerprint density at radius 2 is 1.89 bits per heavy atom. The van der Waals surface area contributed by atoms with E-state index in [1.54, 1.807) is 0 Å². The van der Waals surface area contributed by atoms with Gasteiger partial charge in [0, 0.05) is 6.04 Å². The van der Waals surface area contributed by atoms with E-state index in [0.29, 0.717) is 0 Å². The van der Waals surface area contributed by atoms with Crippen LogP contribution < -0.4 is 5.32 Å². The van der Waals surface area contributed by atoms with Crippen molar-refractivity contribution in [3.8, 4) is 0 Å². The third-order valence-corrected chi connectivity index (χ3v) is 3.86. The minimum Gasteiger partial charge on any atom is -0.394 e. The first-order valence-corrected chi connectivity index (χ1v) is 6.96. The molecule has 2 atom stereocenters. The van der Waals surface area contributed by atoms with Gasteiger partial charge in [-0.25, -0.2) is 0 Å². The van der Waals surface area contributed by atoms with E-state index in [-0.39, 0.29) is 29.9 Å². The predicted molar refractivity (Wildman–Crippen MR) is 77.1 cm³/mol. The molecule has 0 saturated carbocycles. The maximum absolute atomic E-state index is 9.64. The summed E-state index contributed by atoms with van der Waals surface area (Å²) >= 11 is 0. The molecule has 0 amide bonds. The van der Waals surface area contributed by atoms with Crippen molar-refractivity contribution in [1.29, 1.82) is 0 Å². The Hall–Kier alpha value is -0.900. The molecular weight excluding hydrogens is 238 g/mol. The fraction of sp³-hybridized carbons (Fsp3) is 0.625. The predicted octanol–water partition coefficient (Wildman–Crippen LogP) is 2.66. The highest BCUT2D eigenvalue weighted by Gasteiger charge is 2.46. The van der Waals surface area contributed by atoms with Crippen LogP contribution in [0.4, 0.5) is 0 Å². The standard InChI is InChI=1S/C16H25NO2/c1-15(2)10-14(16(3,4)19-15)17-13(11-18)12-8-6-5-7-9-12/h5-9,13-14,17-18H,10-11H2,1-4H3. The lowest BCUT2D eigenvalue weighted by Crippen LogP contribution is -2.45. The van der Waals surface area contributed by atoms with Gasteiger partial charge < -0.3 is 15.2 Å². The van der Waals surface area contributed by atoms with Gasteiger partial charge >= 0.3 is 0 Å². The molecule has 1 aromatic rings. The maximum Gasteiger partial charge on any atom is 0.0787 e. The van der Waals surface area contributed by atoms with E-state index in [1.807, 2.05) is 30.3 Å². The number of ether oxygens (including phenoxy) is 1. The first kappa shape index (κ1) is 14.5. The van der Waals surface area contributed by atoms with Crippen LogP contribution in [0.3, 0.4) is 0 Å². The highest BCUT2D eigenvalue weighted by atomic mass is 16.5. The van der Waals surface area contributed by atoms with Crippen molar-refractivity contribution in [3.63, 3.8) is 0 Å². The Morgan fingerprint density at radius 3 is 2.37 bits per heavy atom. The molecule has 3 nitrogen and oxygen atoms in total. The van der Waals surface area contributed by atoms with Gasteiger partial charge in [-0.2, -0.15) is 0 Å². The van der Waals surface area contributed by atoms with Gasteiger partial charge in [-0.1, -0.05) is 30.3 Å². The van der Waals surface area contributed by atoms with Crippen molar-refractivity contribution < 1.29 is 9.84 Å². The molecule has 2 N–H and O–H groups in total. The van der Waals surface area contributed by atoms with Crippen molar-refractivity contribution in [3.05, 3.63) is 35.9 Å². The van der Waals surface area contributed by atoms with Gasteiger partial charge in [0.15, 0.2) is 0 Å². The molecule has 3 heteroatoms. The summed E-state index contributed by atoms with van der Waals surface area (Å²) in [6, 6.07) is 10.3. The minimum absolute atomic E-state index is 0.0389. The lowest BCUT2D eigenvalue weighted by atomic mass is 9.93. The highest BCUT2D eigenvalue weighted by molar-refractivity contribution is 5.19. The summed E-state index contributed by atoms with van der Waals surface area (Å²) in [5, 5.41) is 13.2. The van der Waals surface area contributed by atoms with Gasteiger partial charge in [0.1, 0.15) is 0 Å². The summed E-state index contributed by atoms with van der Waals surface area (Å²) in [4.78, 5) is 0. The summed E-state index contributed by atoms with van der Waals surface area (Å²) < 4.78 is 6.09. The van der Waals surface area contributed by atoms with E-state index in [2.05, 4.69) is 33.0 Å². The average Bonchev–Trinajstić information content (AvgIpc) is 2.55. The summed E-state index contributed by atoms with van der Waals surface area (Å²) in [5.74, 6) is 0. The third kappa shape index (κ3) is 3.35. The van der Waals surface area contributed by atoms with E-state index >= 15 is 0 Å². The number of rotatable bonds is 4. The van der Waals surface area contributed by atoms with Crippen LogP contribution in [0.2, 0.25) is 0 Å². The van der Waals surface area contributed by atoms with Gasteiger partial charge in [0.2, 0.25) is 0 Å². The molecule has 0 aromatic heterocycles. The highest BCUT2D eigenvalue weighted by Crippen LogP contribution is 2.38. The van der Waals surface area contributed by atoms with Crippen LogP contribution in [0.1, 0.15) is 45.7 Å². The molecule has 0 spiro atoms. The van der Waals surface area contributed by atoms with Gasteiger partial charge in [-0.15, -0.1) is 0 Å². The van der Waals surface area contributed by atoms with Crippen molar-refractivity contribution >= 4 is 0 Å². The number of hydrogen-bond acceptors (Lipinski definition) is 3. The normalized spacial score (nSPS) is 26.3. The Kier molecular flexibility index (Phi) is 4.00. The van der Waals surface area contributed by atoms with Gasteiger partial charge in [0.05, 0.1) is 23.9 Å². The molecule has 1 fully saturated rings. The molecule has 1 aliphatic rings. The van der Waals surface area contributed by atoms with Crippen LogP contribution >= 0.6 is 0 Å². The van der Waals surface area contributed by atoms with E-state index < -0.39 is 0 Å². The Labute approximate surface area is 116 Å². The third-order valence-electron chi connectivity index (χ3n) is 3.86. The molecule has 0 aliphatic carbocycles. The molecule has 2 rings (SSSR count). The zero-order valence-corrected chi connectivity index (χ0v) is 12.3. The Balaban J connectivity index is 2.11. The summed E-state index contributed by atoms with van der Waals surface area (Å²) in [6.45, 7) is 8.55. The number of benzene rings is 1. The first-order chi connectivity index (χ1) is 8.84. The Morgan fingerprint density at radius 1 is 1.26 bits per heavy atom. The van der Waals surface area contributed by atoms with Crippen molar-refractivity contribution in [2.45, 2.75) is 57.4 Å². The van der Waals surface area contributed by atoms with Gasteiger partial charge in [-0.05, 0) is 39.7 Å². The van der Waals surface area contributed by atoms with E-state index in [4.69, 9.17) is 4.74 Å². The maximum atomic E-state index is 9.64. The molecule has 106 valence electrons. The second-order valence-electron chi connectivity index (χ2n) is 6.53. The molecule has 0 bridgehead atoms. The fourth-order valence-electron chi connectivity index (χ4n) is 3.00. The zero-order valence-electron chi connectivity index (χ0n) is 12.3. The minimum atomic E-state index is -0.217. The molecule has 1 aromatic carbocycles. The monoisotopic (exact) mass is 263 g/mol. The largest absolute Gasteiger partial charge is 0.394 e. The lowest BCUT2D eigenvalue weighted by molar-refractivity contribution is -0.0707. The van der Waals surface area contributed by atoms with Crippen LogP contribution in [-0.4, -0.2) is 29.0 Å². The SMILES string of the molecule is CC1(C)CC(NC(CO)c2ccccc2)C(C)(C)O1. The van der Waals surface area contributed by atoms with Crippen molar-refractivity contribution in [2.24, 2.45) is 0 Å². The molecular formula is C16H25NO2. The molecule has 0 radical (unpaired) electrons. The van der Waals surface area contributed by atoms with Crippen LogP contribution in [0.5, 0.6) is 0 Å². The number of nitrogens with one attached hydrogen (secondary N) is 1. The molecule has 19 heavy (non-hydrogen) atoms. The zero-order chi connectivity index (χ0) is 14.1. The Bertz CT molecular complexity index is 414. The summed E-state index contributed by atoms with van der Waals surface area (Å²) in [6.07, 6.45) is 0.948. The quantitative estimate of drug-likeness (QED) is 0.877. The van der Waals surface area contributed by atoms with Crippen LogP contribution in [0, 0.1) is 0 Å². The van der Waals surface area contributed by atoms with E-state index in [0.717, 1.165) is 12.0 Å². The van der Waals surface area contributed by atoms with Gasteiger partial charge in [-0.3, -0.25) is 0 Å². The lowest BCUT2D eigenvalue weighted by Gasteiger charge is -2.30. The van der Waals surface area contributed by atoms with Crippen LogP contribution in [-0.2, 0) is 4.74 Å². The fourth-order valence-corrected chi connectivity index (χ4v) is 3.00. The van der Waals surface area contributed by atoms with E-state index in [9.17, 15) is 5.11 Å². The first-order valence-electron chi connectivity index (χ1n) is 6.96. The number of hydrogen-bond donors (Lipinski definition) is 2. The number of aliphatic hydroxyl groups is 1. The van der Waals surface area contributed by atoms with Crippen LogP contribution in [0.25, 0.3) is 0 Å². The second kappa shape index (κ2) is 5.23. The molecule has 2 unspecified atom stereocenters. The summed E-state index contributed by atoms with van der Waals surface area (Å²) in [7, 11) is 0. The van der Waals surface area contributed by atoms with E-state index in [1.165, 1.54) is 0 Å². The van der Waals surface area contributed by atoms with Crippen LogP contribution in [0.15, 0.2) is 30.3 Å². The number of aliphatic hydroxyl groups excluding tert-OH is 1. The second-order valence-corrected chi connectivity index (χ2v) is 6.53. The van der Waals surface area contributed by atoms with Crippen molar-refractivity contribution in [1.82, 2.24) is 5.32 Å². The summed E-state index contributed by atoms with van der Waals surface area (Å²) in [5.41, 5.74) is 0.786. The molecule has 1 aliphatic heterocycles. The molecule has 1 saturated heterocycles. The van der Waals surface area contributed by atoms with Crippen molar-refractivity contribution in [2.75, 3.05) is 6.61 Å².